The smallest absolute Gasteiger partial charge is 0.223 e. The highest BCUT2D eigenvalue weighted by Gasteiger charge is 2.12. The third kappa shape index (κ3) is 2.84. The lowest BCUT2D eigenvalue weighted by Crippen LogP contribution is -2.00. The van der Waals surface area contributed by atoms with Gasteiger partial charge in [0.1, 0.15) is 16.5 Å². The maximum absolute atomic E-state index is 13.4. The molecule has 3 rings (SSSR count). The van der Waals surface area contributed by atoms with Crippen molar-refractivity contribution in [3.05, 3.63) is 39.4 Å². The fourth-order valence-electron chi connectivity index (χ4n) is 1.98. The standard InChI is InChI=1S/C14H12BrFN4S/c1-2-8-6-9-12(19-14(17)20-13(9)21-8)18-11-5-7(16)3-4-10(11)15/h3-6H,2H2,1H3,(H3,17,18,19,20). The number of hydrogen-bond donors (Lipinski definition) is 2. The SMILES string of the molecule is CCc1cc2c(Nc3cc(F)ccc3Br)nc(N)nc2s1. The number of rotatable bonds is 3. The molecule has 3 aromatic rings. The molecule has 2 heterocycles. The van der Waals surface area contributed by atoms with Gasteiger partial charge in [0.25, 0.3) is 0 Å². The second-order valence-corrected chi connectivity index (χ2v) is 6.43. The van der Waals surface area contributed by atoms with Gasteiger partial charge in [-0.05, 0) is 46.6 Å². The summed E-state index contributed by atoms with van der Waals surface area (Å²) < 4.78 is 14.1. The van der Waals surface area contributed by atoms with Crippen molar-refractivity contribution in [2.75, 3.05) is 11.1 Å². The molecule has 0 aliphatic rings. The van der Waals surface area contributed by atoms with Crippen LogP contribution in [0.3, 0.4) is 0 Å². The van der Waals surface area contributed by atoms with Gasteiger partial charge in [-0.25, -0.2) is 9.37 Å². The highest BCUT2D eigenvalue weighted by molar-refractivity contribution is 9.10. The number of aromatic nitrogens is 2. The topological polar surface area (TPSA) is 63.8 Å². The van der Waals surface area contributed by atoms with E-state index in [2.05, 4.69) is 38.1 Å². The summed E-state index contributed by atoms with van der Waals surface area (Å²) in [6.07, 6.45) is 0.921. The monoisotopic (exact) mass is 366 g/mol. The minimum atomic E-state index is -0.321. The average Bonchev–Trinajstić information content (AvgIpc) is 2.86. The number of aryl methyl sites for hydroxylation is 1. The molecule has 0 saturated carbocycles. The van der Waals surface area contributed by atoms with Crippen molar-refractivity contribution in [1.29, 1.82) is 0 Å². The molecule has 3 N–H and O–H groups in total. The van der Waals surface area contributed by atoms with Crippen LogP contribution >= 0.6 is 27.3 Å². The van der Waals surface area contributed by atoms with Crippen molar-refractivity contribution in [3.63, 3.8) is 0 Å². The van der Waals surface area contributed by atoms with Crippen LogP contribution in [0.5, 0.6) is 0 Å². The Hall–Kier alpha value is -1.73. The molecule has 7 heteroatoms. The number of nitrogens with two attached hydrogens (primary N) is 1. The van der Waals surface area contributed by atoms with Crippen LogP contribution in [0, 0.1) is 5.82 Å². The number of fused-ring (bicyclic) bond motifs is 1. The Morgan fingerprint density at radius 1 is 1.33 bits per heavy atom. The Morgan fingerprint density at radius 2 is 2.14 bits per heavy atom. The highest BCUT2D eigenvalue weighted by Crippen LogP contribution is 2.33. The first-order chi connectivity index (χ1) is 10.1. The summed E-state index contributed by atoms with van der Waals surface area (Å²) >= 11 is 4.97. The summed E-state index contributed by atoms with van der Waals surface area (Å²) in [6, 6.07) is 6.47. The van der Waals surface area contributed by atoms with Crippen LogP contribution in [0.2, 0.25) is 0 Å². The summed E-state index contributed by atoms with van der Waals surface area (Å²) in [5.41, 5.74) is 6.35. The fraction of sp³-hybridized carbons (Fsp3) is 0.143. The van der Waals surface area contributed by atoms with E-state index in [4.69, 9.17) is 5.73 Å². The molecule has 0 unspecified atom stereocenters. The number of nitrogens with zero attached hydrogens (tertiary/aromatic N) is 2. The van der Waals surface area contributed by atoms with Gasteiger partial charge in [-0.15, -0.1) is 11.3 Å². The van der Waals surface area contributed by atoms with Gasteiger partial charge in [-0.2, -0.15) is 4.98 Å². The normalized spacial score (nSPS) is 11.0. The molecule has 4 nitrogen and oxygen atoms in total. The van der Waals surface area contributed by atoms with Crippen LogP contribution in [0.15, 0.2) is 28.7 Å². The Bertz CT molecular complexity index is 818. The molecule has 0 radical (unpaired) electrons. The van der Waals surface area contributed by atoms with Crippen LogP contribution in [0.25, 0.3) is 10.2 Å². The van der Waals surface area contributed by atoms with Crippen LogP contribution in [0.4, 0.5) is 21.8 Å². The zero-order valence-corrected chi connectivity index (χ0v) is 13.6. The third-order valence-corrected chi connectivity index (χ3v) is 4.86. The van der Waals surface area contributed by atoms with E-state index < -0.39 is 0 Å². The molecule has 0 amide bonds. The number of benzene rings is 1. The summed E-state index contributed by atoms with van der Waals surface area (Å²) in [7, 11) is 0. The molecule has 0 aliphatic heterocycles. The van der Waals surface area contributed by atoms with Crippen LogP contribution in [0.1, 0.15) is 11.8 Å². The maximum Gasteiger partial charge on any atom is 0.223 e. The Labute approximate surface area is 133 Å². The second kappa shape index (κ2) is 5.57. The Balaban J connectivity index is 2.11. The number of nitrogens with one attached hydrogen (secondary N) is 1. The van der Waals surface area contributed by atoms with Crippen molar-refractivity contribution in [2.45, 2.75) is 13.3 Å². The van der Waals surface area contributed by atoms with Crippen molar-refractivity contribution in [3.8, 4) is 0 Å². The van der Waals surface area contributed by atoms with E-state index in [9.17, 15) is 4.39 Å². The Kier molecular flexibility index (Phi) is 3.77. The summed E-state index contributed by atoms with van der Waals surface area (Å²) in [5.74, 6) is 0.459. The summed E-state index contributed by atoms with van der Waals surface area (Å²) in [5, 5.41) is 4.01. The van der Waals surface area contributed by atoms with E-state index in [1.54, 1.807) is 17.4 Å². The van der Waals surface area contributed by atoms with Gasteiger partial charge in [0, 0.05) is 9.35 Å². The molecule has 0 spiro atoms. The van der Waals surface area contributed by atoms with E-state index in [0.717, 1.165) is 21.1 Å². The highest BCUT2D eigenvalue weighted by atomic mass is 79.9. The minimum absolute atomic E-state index is 0.196. The van der Waals surface area contributed by atoms with Crippen molar-refractivity contribution in [2.24, 2.45) is 0 Å². The third-order valence-electron chi connectivity index (χ3n) is 2.99. The summed E-state index contributed by atoms with van der Waals surface area (Å²) in [6.45, 7) is 2.08. The van der Waals surface area contributed by atoms with Gasteiger partial charge in [-0.3, -0.25) is 0 Å². The molecular formula is C14H12BrFN4S. The first-order valence-electron chi connectivity index (χ1n) is 6.35. The van der Waals surface area contributed by atoms with E-state index in [0.29, 0.717) is 11.5 Å². The Morgan fingerprint density at radius 3 is 2.90 bits per heavy atom. The van der Waals surface area contributed by atoms with Crippen molar-refractivity contribution in [1.82, 2.24) is 9.97 Å². The fourth-order valence-corrected chi connectivity index (χ4v) is 3.30. The number of hydrogen-bond acceptors (Lipinski definition) is 5. The van der Waals surface area contributed by atoms with Gasteiger partial charge in [0.15, 0.2) is 0 Å². The molecule has 0 saturated heterocycles. The number of nitrogen functional groups attached to an aromatic ring is 1. The van der Waals surface area contributed by atoms with Gasteiger partial charge in [-0.1, -0.05) is 6.92 Å². The lowest BCUT2D eigenvalue weighted by molar-refractivity contribution is 0.628. The molecular weight excluding hydrogens is 355 g/mol. The lowest BCUT2D eigenvalue weighted by Gasteiger charge is -2.09. The van der Waals surface area contributed by atoms with E-state index in [1.807, 2.05) is 6.07 Å². The number of thiophene rings is 1. The maximum atomic E-state index is 13.4. The first kappa shape index (κ1) is 14.2. The molecule has 0 bridgehead atoms. The van der Waals surface area contributed by atoms with E-state index >= 15 is 0 Å². The molecule has 108 valence electrons. The first-order valence-corrected chi connectivity index (χ1v) is 7.95. The molecule has 0 aliphatic carbocycles. The zero-order chi connectivity index (χ0) is 15.0. The predicted molar refractivity (Wildman–Crippen MR) is 88.6 cm³/mol. The largest absolute Gasteiger partial charge is 0.368 e. The summed E-state index contributed by atoms with van der Waals surface area (Å²) in [4.78, 5) is 10.5. The molecule has 2 aromatic heterocycles. The van der Waals surface area contributed by atoms with Crippen LogP contribution < -0.4 is 11.1 Å². The second-order valence-electron chi connectivity index (χ2n) is 4.46. The average molecular weight is 367 g/mol. The lowest BCUT2D eigenvalue weighted by atomic mass is 10.2. The number of halogens is 2. The van der Waals surface area contributed by atoms with Crippen molar-refractivity contribution < 1.29 is 4.39 Å². The quantitative estimate of drug-likeness (QED) is 0.716. The molecule has 21 heavy (non-hydrogen) atoms. The van der Waals surface area contributed by atoms with Gasteiger partial charge in [0.2, 0.25) is 5.95 Å². The molecule has 1 aromatic carbocycles. The van der Waals surface area contributed by atoms with Crippen LogP contribution in [-0.4, -0.2) is 9.97 Å². The predicted octanol–water partition coefficient (Wildman–Crippen LogP) is 4.48. The van der Waals surface area contributed by atoms with Gasteiger partial charge >= 0.3 is 0 Å². The van der Waals surface area contributed by atoms with E-state index in [-0.39, 0.29) is 11.8 Å². The van der Waals surface area contributed by atoms with Gasteiger partial charge in [0.05, 0.1) is 11.1 Å². The van der Waals surface area contributed by atoms with Crippen LogP contribution in [-0.2, 0) is 6.42 Å². The zero-order valence-electron chi connectivity index (χ0n) is 11.2. The van der Waals surface area contributed by atoms with Crippen molar-refractivity contribution >= 4 is 54.9 Å². The van der Waals surface area contributed by atoms with E-state index in [1.165, 1.54) is 17.0 Å². The number of anilines is 3. The molecule has 0 fully saturated rings. The minimum Gasteiger partial charge on any atom is -0.368 e. The van der Waals surface area contributed by atoms with Gasteiger partial charge < -0.3 is 11.1 Å². The molecule has 0 atom stereocenters.